The number of benzene rings is 3. The summed E-state index contributed by atoms with van der Waals surface area (Å²) in [6.07, 6.45) is 0. The number of carbonyl (C=O) groups excluding carboxylic acids is 1. The second-order valence-corrected chi connectivity index (χ2v) is 9.09. The number of carbonyl (C=O) groups is 1. The fraction of sp³-hybridized carbons (Fsp3) is 0.345. The molecule has 35 heavy (non-hydrogen) atoms. The molecule has 1 amide bonds. The highest BCUT2D eigenvalue weighted by molar-refractivity contribution is 5.87. The highest BCUT2D eigenvalue weighted by Gasteiger charge is 2.51. The highest BCUT2D eigenvalue weighted by atomic mass is 16.5. The van der Waals surface area contributed by atoms with Gasteiger partial charge in [0.2, 0.25) is 5.91 Å². The Balaban J connectivity index is 1.54. The van der Waals surface area contributed by atoms with Gasteiger partial charge in [-0.15, -0.1) is 0 Å². The molecule has 3 atom stereocenters. The van der Waals surface area contributed by atoms with E-state index >= 15 is 0 Å². The SMILES string of the molecule is CCN1c2ccccc2[C@@H](c2ccc(OC)cc2)[C@@H]2C(=O)N(Cc3ccc(OC)cc3OC)C[C@H]21. The fourth-order valence-electron chi connectivity index (χ4n) is 5.78. The second-order valence-electron chi connectivity index (χ2n) is 9.09. The summed E-state index contributed by atoms with van der Waals surface area (Å²) in [7, 11) is 4.96. The van der Waals surface area contributed by atoms with Crippen molar-refractivity contribution in [2.75, 3.05) is 39.3 Å². The van der Waals surface area contributed by atoms with Crippen LogP contribution in [0.25, 0.3) is 0 Å². The van der Waals surface area contributed by atoms with Crippen LogP contribution in [0, 0.1) is 5.92 Å². The molecule has 0 saturated carbocycles. The summed E-state index contributed by atoms with van der Waals surface area (Å²) < 4.78 is 16.4. The third-order valence-corrected chi connectivity index (χ3v) is 7.43. The first-order valence-corrected chi connectivity index (χ1v) is 12.1. The highest BCUT2D eigenvalue weighted by Crippen LogP contribution is 2.49. The van der Waals surface area contributed by atoms with Gasteiger partial charge in [0.1, 0.15) is 17.2 Å². The molecule has 0 unspecified atom stereocenters. The molecule has 6 nitrogen and oxygen atoms in total. The van der Waals surface area contributed by atoms with Gasteiger partial charge in [-0.3, -0.25) is 4.79 Å². The van der Waals surface area contributed by atoms with E-state index in [1.54, 1.807) is 21.3 Å². The fourth-order valence-corrected chi connectivity index (χ4v) is 5.78. The van der Waals surface area contributed by atoms with Crippen molar-refractivity contribution >= 4 is 11.6 Å². The average molecular weight is 473 g/mol. The zero-order chi connectivity index (χ0) is 24.5. The van der Waals surface area contributed by atoms with E-state index in [1.807, 2.05) is 35.2 Å². The number of likely N-dealkylation sites (N-methyl/N-ethyl adjacent to an activating group) is 1. The Morgan fingerprint density at radius 1 is 0.886 bits per heavy atom. The Hall–Kier alpha value is -3.67. The maximum absolute atomic E-state index is 14.1. The molecule has 0 bridgehead atoms. The summed E-state index contributed by atoms with van der Waals surface area (Å²) >= 11 is 0. The topological polar surface area (TPSA) is 51.2 Å². The van der Waals surface area contributed by atoms with Crippen molar-refractivity contribution in [2.45, 2.75) is 25.4 Å². The Kier molecular flexibility index (Phi) is 6.29. The number of likely N-dealkylation sites (tertiary alicyclic amines) is 1. The molecule has 3 aromatic carbocycles. The van der Waals surface area contributed by atoms with Gasteiger partial charge in [0.15, 0.2) is 0 Å². The van der Waals surface area contributed by atoms with Crippen LogP contribution in [0.1, 0.15) is 29.5 Å². The van der Waals surface area contributed by atoms with Crippen molar-refractivity contribution in [3.05, 3.63) is 83.4 Å². The van der Waals surface area contributed by atoms with Crippen molar-refractivity contribution in [3.8, 4) is 17.2 Å². The maximum atomic E-state index is 14.1. The number of hydrogen-bond donors (Lipinski definition) is 0. The van der Waals surface area contributed by atoms with E-state index < -0.39 is 0 Å². The van der Waals surface area contributed by atoms with Gasteiger partial charge in [-0.05, 0) is 48.4 Å². The molecule has 0 aliphatic carbocycles. The van der Waals surface area contributed by atoms with Gasteiger partial charge in [0.05, 0.1) is 33.3 Å². The average Bonchev–Trinajstić information content (AvgIpc) is 3.22. The molecule has 6 heteroatoms. The normalized spacial score (nSPS) is 20.9. The number of fused-ring (bicyclic) bond motifs is 2. The first kappa shape index (κ1) is 23.1. The summed E-state index contributed by atoms with van der Waals surface area (Å²) in [5.41, 5.74) is 4.54. The summed E-state index contributed by atoms with van der Waals surface area (Å²) in [5, 5.41) is 0. The molecular formula is C29H32N2O4. The molecule has 0 N–H and O–H groups in total. The lowest BCUT2D eigenvalue weighted by Crippen LogP contribution is -2.47. The summed E-state index contributed by atoms with van der Waals surface area (Å²) in [6, 6.07) is 22.6. The van der Waals surface area contributed by atoms with E-state index in [2.05, 4.69) is 48.2 Å². The molecule has 0 spiro atoms. The van der Waals surface area contributed by atoms with Crippen LogP contribution in [0.4, 0.5) is 5.69 Å². The Morgan fingerprint density at radius 3 is 2.29 bits per heavy atom. The predicted octanol–water partition coefficient (Wildman–Crippen LogP) is 4.71. The van der Waals surface area contributed by atoms with E-state index in [1.165, 1.54) is 11.3 Å². The molecule has 182 valence electrons. The van der Waals surface area contributed by atoms with Crippen LogP contribution in [0.5, 0.6) is 17.2 Å². The van der Waals surface area contributed by atoms with E-state index in [0.717, 1.165) is 34.9 Å². The zero-order valence-corrected chi connectivity index (χ0v) is 20.7. The minimum atomic E-state index is -0.164. The van der Waals surface area contributed by atoms with Crippen LogP contribution < -0.4 is 19.1 Å². The predicted molar refractivity (Wildman–Crippen MR) is 137 cm³/mol. The number of methoxy groups -OCH3 is 3. The van der Waals surface area contributed by atoms with Gasteiger partial charge in [-0.25, -0.2) is 0 Å². The summed E-state index contributed by atoms with van der Waals surface area (Å²) in [6.45, 7) is 4.19. The van der Waals surface area contributed by atoms with Crippen LogP contribution in [-0.4, -0.2) is 51.3 Å². The molecule has 3 aromatic rings. The van der Waals surface area contributed by atoms with E-state index in [4.69, 9.17) is 14.2 Å². The van der Waals surface area contributed by atoms with Crippen LogP contribution >= 0.6 is 0 Å². The molecule has 0 aromatic heterocycles. The van der Waals surface area contributed by atoms with Crippen LogP contribution in [-0.2, 0) is 11.3 Å². The second kappa shape index (κ2) is 9.53. The molecule has 5 rings (SSSR count). The lowest BCUT2D eigenvalue weighted by molar-refractivity contribution is -0.131. The van der Waals surface area contributed by atoms with Gasteiger partial charge in [-0.2, -0.15) is 0 Å². The van der Waals surface area contributed by atoms with Crippen LogP contribution in [0.2, 0.25) is 0 Å². The summed E-state index contributed by atoms with van der Waals surface area (Å²) in [5.74, 6) is 2.29. The van der Waals surface area contributed by atoms with Gasteiger partial charge in [0, 0.05) is 42.9 Å². The molecule has 2 aliphatic heterocycles. The van der Waals surface area contributed by atoms with Gasteiger partial charge in [0.25, 0.3) is 0 Å². The van der Waals surface area contributed by atoms with E-state index in [0.29, 0.717) is 13.1 Å². The number of nitrogens with zero attached hydrogens (tertiary/aromatic N) is 2. The van der Waals surface area contributed by atoms with Gasteiger partial charge in [-0.1, -0.05) is 30.3 Å². The third kappa shape index (κ3) is 3.97. The first-order valence-electron chi connectivity index (χ1n) is 12.1. The quantitative estimate of drug-likeness (QED) is 0.499. The van der Waals surface area contributed by atoms with Gasteiger partial charge >= 0.3 is 0 Å². The minimum absolute atomic E-state index is 0.0137. The zero-order valence-electron chi connectivity index (χ0n) is 20.7. The lowest BCUT2D eigenvalue weighted by atomic mass is 9.74. The minimum Gasteiger partial charge on any atom is -0.497 e. The lowest BCUT2D eigenvalue weighted by Gasteiger charge is -2.43. The number of amides is 1. The van der Waals surface area contributed by atoms with Crippen LogP contribution in [0.15, 0.2) is 66.7 Å². The van der Waals surface area contributed by atoms with Crippen molar-refractivity contribution in [3.63, 3.8) is 0 Å². The maximum Gasteiger partial charge on any atom is 0.229 e. The van der Waals surface area contributed by atoms with E-state index in [-0.39, 0.29) is 23.8 Å². The number of anilines is 1. The van der Waals surface area contributed by atoms with Gasteiger partial charge < -0.3 is 24.0 Å². The largest absolute Gasteiger partial charge is 0.497 e. The van der Waals surface area contributed by atoms with Crippen molar-refractivity contribution in [1.82, 2.24) is 4.90 Å². The van der Waals surface area contributed by atoms with Crippen LogP contribution in [0.3, 0.4) is 0 Å². The standard InChI is InChI=1S/C29H32N2O4/c1-5-31-24-9-7-6-8-23(24)27(19-10-13-21(33-2)14-11-19)28-25(31)18-30(29(28)32)17-20-12-15-22(34-3)16-26(20)35-4/h6-16,25,27-28H,5,17-18H2,1-4H3/t25-,27-,28-/m1/s1. The molecule has 2 heterocycles. The molecule has 0 radical (unpaired) electrons. The van der Waals surface area contributed by atoms with E-state index in [9.17, 15) is 4.79 Å². The Morgan fingerprint density at radius 2 is 1.60 bits per heavy atom. The smallest absolute Gasteiger partial charge is 0.229 e. The monoisotopic (exact) mass is 472 g/mol. The molecule has 2 aliphatic rings. The Labute approximate surface area is 207 Å². The van der Waals surface area contributed by atoms with Crippen molar-refractivity contribution in [2.24, 2.45) is 5.92 Å². The summed E-state index contributed by atoms with van der Waals surface area (Å²) in [4.78, 5) is 18.5. The number of rotatable bonds is 7. The number of hydrogen-bond acceptors (Lipinski definition) is 5. The number of para-hydroxylation sites is 1. The van der Waals surface area contributed by atoms with Crippen molar-refractivity contribution in [1.29, 1.82) is 0 Å². The first-order chi connectivity index (χ1) is 17.1. The Bertz CT molecular complexity index is 1210. The third-order valence-electron chi connectivity index (χ3n) is 7.43. The number of ether oxygens (including phenoxy) is 3. The molecular weight excluding hydrogens is 440 g/mol. The van der Waals surface area contributed by atoms with Crippen molar-refractivity contribution < 1.29 is 19.0 Å². The molecule has 1 saturated heterocycles. The molecule has 1 fully saturated rings.